The molecule has 1 atom stereocenters. The average Bonchev–Trinajstić information content (AvgIpc) is 2.61. The predicted molar refractivity (Wildman–Crippen MR) is 97.9 cm³/mol. The van der Waals surface area contributed by atoms with E-state index in [0.717, 1.165) is 4.90 Å². The Kier molecular flexibility index (Phi) is 4.85. The maximum atomic E-state index is 12.5. The maximum absolute atomic E-state index is 12.5. The standard InChI is InChI=1S/C18H18N2O4S/c1-10-17(21)20-15-6-11(4-5-16(15)25-10)18(22)19-12-7-13(23-2)9-14(8-12)24-3/h4-10H,1-3H3,(H,19,22)(H,20,21)/t10-/m1/s1. The maximum Gasteiger partial charge on any atom is 0.255 e. The van der Waals surface area contributed by atoms with E-state index in [0.29, 0.717) is 28.4 Å². The molecule has 130 valence electrons. The zero-order chi connectivity index (χ0) is 18.0. The Hall–Kier alpha value is -2.67. The minimum atomic E-state index is -0.282. The molecule has 25 heavy (non-hydrogen) atoms. The number of hydrogen-bond acceptors (Lipinski definition) is 5. The second-order valence-electron chi connectivity index (χ2n) is 5.52. The molecule has 1 aliphatic rings. The fourth-order valence-electron chi connectivity index (χ4n) is 2.43. The van der Waals surface area contributed by atoms with E-state index >= 15 is 0 Å². The molecule has 7 heteroatoms. The normalized spacial score (nSPS) is 15.8. The fraction of sp³-hybridized carbons (Fsp3) is 0.222. The van der Waals surface area contributed by atoms with Gasteiger partial charge in [0.25, 0.3) is 5.91 Å². The number of nitrogens with one attached hydrogen (secondary N) is 2. The predicted octanol–water partition coefficient (Wildman–Crippen LogP) is 3.39. The molecular weight excluding hydrogens is 340 g/mol. The molecule has 0 bridgehead atoms. The number of amides is 2. The third kappa shape index (κ3) is 3.71. The first-order chi connectivity index (χ1) is 12.0. The summed E-state index contributed by atoms with van der Waals surface area (Å²) in [5.41, 5.74) is 1.67. The number of carbonyl (C=O) groups is 2. The molecule has 0 radical (unpaired) electrons. The molecule has 0 aliphatic carbocycles. The first-order valence-electron chi connectivity index (χ1n) is 7.66. The van der Waals surface area contributed by atoms with Gasteiger partial charge in [0.2, 0.25) is 5.91 Å². The van der Waals surface area contributed by atoms with Crippen molar-refractivity contribution in [3.63, 3.8) is 0 Å². The minimum absolute atomic E-state index is 0.0624. The molecule has 0 aromatic heterocycles. The zero-order valence-electron chi connectivity index (χ0n) is 14.1. The van der Waals surface area contributed by atoms with Crippen LogP contribution in [0.3, 0.4) is 0 Å². The van der Waals surface area contributed by atoms with E-state index in [1.807, 2.05) is 13.0 Å². The lowest BCUT2D eigenvalue weighted by atomic mass is 10.1. The molecule has 2 amide bonds. The topological polar surface area (TPSA) is 76.7 Å². The number of benzene rings is 2. The molecular formula is C18H18N2O4S. The lowest BCUT2D eigenvalue weighted by Gasteiger charge is -2.21. The van der Waals surface area contributed by atoms with E-state index in [1.54, 1.807) is 44.6 Å². The van der Waals surface area contributed by atoms with E-state index in [4.69, 9.17) is 9.47 Å². The monoisotopic (exact) mass is 358 g/mol. The van der Waals surface area contributed by atoms with Gasteiger partial charge in [-0.2, -0.15) is 0 Å². The number of rotatable bonds is 4. The molecule has 0 saturated carbocycles. The van der Waals surface area contributed by atoms with Crippen molar-refractivity contribution in [3.05, 3.63) is 42.0 Å². The van der Waals surface area contributed by atoms with Crippen molar-refractivity contribution in [2.75, 3.05) is 24.9 Å². The van der Waals surface area contributed by atoms with Crippen LogP contribution in [0, 0.1) is 0 Å². The first kappa shape index (κ1) is 17.2. The van der Waals surface area contributed by atoms with Gasteiger partial charge in [-0.25, -0.2) is 0 Å². The van der Waals surface area contributed by atoms with Crippen molar-refractivity contribution >= 4 is 35.0 Å². The van der Waals surface area contributed by atoms with Gasteiger partial charge in [-0.15, -0.1) is 11.8 Å². The number of fused-ring (bicyclic) bond motifs is 1. The number of thioether (sulfide) groups is 1. The van der Waals surface area contributed by atoms with Crippen molar-refractivity contribution in [1.29, 1.82) is 0 Å². The molecule has 3 rings (SSSR count). The smallest absolute Gasteiger partial charge is 0.255 e. The van der Waals surface area contributed by atoms with Crippen LogP contribution in [0.1, 0.15) is 17.3 Å². The van der Waals surface area contributed by atoms with Crippen LogP contribution < -0.4 is 20.1 Å². The van der Waals surface area contributed by atoms with Gasteiger partial charge in [0.05, 0.1) is 25.2 Å². The molecule has 1 aliphatic heterocycles. The Morgan fingerprint density at radius 3 is 2.44 bits per heavy atom. The van der Waals surface area contributed by atoms with Crippen LogP contribution in [0.15, 0.2) is 41.3 Å². The number of carbonyl (C=O) groups excluding carboxylic acids is 2. The van der Waals surface area contributed by atoms with Crippen molar-refractivity contribution < 1.29 is 19.1 Å². The van der Waals surface area contributed by atoms with Crippen LogP contribution in [0.5, 0.6) is 11.5 Å². The SMILES string of the molecule is COc1cc(NC(=O)c2ccc3c(c2)NC(=O)[C@@H](C)S3)cc(OC)c1. The van der Waals surface area contributed by atoms with Crippen LogP contribution in [-0.4, -0.2) is 31.3 Å². The molecule has 2 aromatic carbocycles. The Balaban J connectivity index is 1.82. The summed E-state index contributed by atoms with van der Waals surface area (Å²) in [6, 6.07) is 10.4. The number of anilines is 2. The summed E-state index contributed by atoms with van der Waals surface area (Å²) in [7, 11) is 3.09. The molecule has 0 spiro atoms. The van der Waals surface area contributed by atoms with Gasteiger partial charge in [-0.3, -0.25) is 9.59 Å². The lowest BCUT2D eigenvalue weighted by Crippen LogP contribution is -2.26. The highest BCUT2D eigenvalue weighted by Crippen LogP contribution is 2.36. The Labute approximate surface area is 149 Å². The zero-order valence-corrected chi connectivity index (χ0v) is 14.9. The highest BCUT2D eigenvalue weighted by Gasteiger charge is 2.23. The van der Waals surface area contributed by atoms with Crippen molar-refractivity contribution in [2.24, 2.45) is 0 Å². The lowest BCUT2D eigenvalue weighted by molar-refractivity contribution is -0.115. The Bertz CT molecular complexity index is 816. The molecule has 0 saturated heterocycles. The van der Waals surface area contributed by atoms with Crippen LogP contribution >= 0.6 is 11.8 Å². The van der Waals surface area contributed by atoms with Crippen LogP contribution in [0.2, 0.25) is 0 Å². The van der Waals surface area contributed by atoms with Gasteiger partial charge >= 0.3 is 0 Å². The van der Waals surface area contributed by atoms with Crippen LogP contribution in [0.25, 0.3) is 0 Å². The summed E-state index contributed by atoms with van der Waals surface area (Å²) in [5.74, 6) is 0.819. The first-order valence-corrected chi connectivity index (χ1v) is 8.54. The molecule has 0 fully saturated rings. The highest BCUT2D eigenvalue weighted by molar-refractivity contribution is 8.00. The molecule has 1 heterocycles. The Morgan fingerprint density at radius 2 is 1.80 bits per heavy atom. The molecule has 2 aromatic rings. The molecule has 2 N–H and O–H groups in total. The quantitative estimate of drug-likeness (QED) is 0.876. The van der Waals surface area contributed by atoms with E-state index < -0.39 is 0 Å². The molecule has 6 nitrogen and oxygen atoms in total. The highest BCUT2D eigenvalue weighted by atomic mass is 32.2. The third-order valence-electron chi connectivity index (χ3n) is 3.78. The third-order valence-corrected chi connectivity index (χ3v) is 4.96. The number of methoxy groups -OCH3 is 2. The summed E-state index contributed by atoms with van der Waals surface area (Å²) in [6.07, 6.45) is 0. The number of hydrogen-bond donors (Lipinski definition) is 2. The van der Waals surface area contributed by atoms with E-state index in [-0.39, 0.29) is 17.1 Å². The number of ether oxygens (including phenoxy) is 2. The van der Waals surface area contributed by atoms with Gasteiger partial charge < -0.3 is 20.1 Å². The van der Waals surface area contributed by atoms with Crippen molar-refractivity contribution in [2.45, 2.75) is 17.1 Å². The summed E-state index contributed by atoms with van der Waals surface area (Å²) in [5, 5.41) is 5.50. The van der Waals surface area contributed by atoms with Crippen LogP contribution in [-0.2, 0) is 4.79 Å². The van der Waals surface area contributed by atoms with Crippen molar-refractivity contribution in [3.8, 4) is 11.5 Å². The molecule has 0 unspecified atom stereocenters. The van der Waals surface area contributed by atoms with Crippen molar-refractivity contribution in [1.82, 2.24) is 0 Å². The van der Waals surface area contributed by atoms with E-state index in [1.165, 1.54) is 11.8 Å². The van der Waals surface area contributed by atoms with E-state index in [9.17, 15) is 9.59 Å². The minimum Gasteiger partial charge on any atom is -0.497 e. The van der Waals surface area contributed by atoms with E-state index in [2.05, 4.69) is 10.6 Å². The van der Waals surface area contributed by atoms with Gasteiger partial charge in [0.15, 0.2) is 0 Å². The van der Waals surface area contributed by atoms with Gasteiger partial charge in [-0.1, -0.05) is 0 Å². The summed E-state index contributed by atoms with van der Waals surface area (Å²) >= 11 is 1.48. The summed E-state index contributed by atoms with van der Waals surface area (Å²) < 4.78 is 10.4. The van der Waals surface area contributed by atoms with Gasteiger partial charge in [-0.05, 0) is 25.1 Å². The van der Waals surface area contributed by atoms with Gasteiger partial charge in [0.1, 0.15) is 11.5 Å². The second kappa shape index (κ2) is 7.06. The van der Waals surface area contributed by atoms with Gasteiger partial charge in [0, 0.05) is 34.3 Å². The van der Waals surface area contributed by atoms with Crippen LogP contribution in [0.4, 0.5) is 11.4 Å². The summed E-state index contributed by atoms with van der Waals surface area (Å²) in [6.45, 7) is 1.85. The summed E-state index contributed by atoms with van der Waals surface area (Å²) in [4.78, 5) is 25.3. The second-order valence-corrected chi connectivity index (χ2v) is 6.90. The largest absolute Gasteiger partial charge is 0.497 e. The Morgan fingerprint density at radius 1 is 1.12 bits per heavy atom. The average molecular weight is 358 g/mol. The fourth-order valence-corrected chi connectivity index (χ4v) is 3.36.